The van der Waals surface area contributed by atoms with Crippen molar-refractivity contribution in [2.45, 2.75) is 38.6 Å². The standard InChI is InChI=1S/C20H28N2O5/c1-3-27-20(25)22-11-7-10-16(14-22)19(24)21-17(13-18(23)26-2)12-15-8-5-4-6-9-15/h4-6,8-9,16-17H,3,7,10-14H2,1-2H3,(H,21,24)/t16-,17+/m0/s1. The van der Waals surface area contributed by atoms with Crippen LogP contribution >= 0.6 is 0 Å². The zero-order valence-electron chi connectivity index (χ0n) is 16.0. The zero-order valence-corrected chi connectivity index (χ0v) is 16.0. The second-order valence-corrected chi connectivity index (χ2v) is 6.66. The third-order valence-electron chi connectivity index (χ3n) is 4.63. The van der Waals surface area contributed by atoms with E-state index in [4.69, 9.17) is 9.47 Å². The van der Waals surface area contributed by atoms with Crippen molar-refractivity contribution in [3.05, 3.63) is 35.9 Å². The van der Waals surface area contributed by atoms with E-state index in [1.165, 1.54) is 7.11 Å². The molecule has 148 valence electrons. The highest BCUT2D eigenvalue weighted by Gasteiger charge is 2.30. The molecule has 1 heterocycles. The largest absolute Gasteiger partial charge is 0.469 e. The van der Waals surface area contributed by atoms with Crippen LogP contribution in [0, 0.1) is 5.92 Å². The quantitative estimate of drug-likeness (QED) is 0.737. The molecule has 1 aliphatic rings. The Hall–Kier alpha value is -2.57. The molecule has 0 aromatic heterocycles. The van der Waals surface area contributed by atoms with E-state index < -0.39 is 0 Å². The molecule has 0 aliphatic carbocycles. The lowest BCUT2D eigenvalue weighted by Crippen LogP contribution is -2.48. The first kappa shape index (κ1) is 20.7. The monoisotopic (exact) mass is 376 g/mol. The SMILES string of the molecule is CCOC(=O)N1CCC[C@H](C(=O)N[C@@H](CC(=O)OC)Cc2ccccc2)C1. The third-order valence-corrected chi connectivity index (χ3v) is 4.63. The molecule has 1 saturated heterocycles. The van der Waals surface area contributed by atoms with Gasteiger partial charge in [0.1, 0.15) is 0 Å². The van der Waals surface area contributed by atoms with Gasteiger partial charge in [0.2, 0.25) is 5.91 Å². The van der Waals surface area contributed by atoms with Gasteiger partial charge in [-0.25, -0.2) is 4.79 Å². The highest BCUT2D eigenvalue weighted by molar-refractivity contribution is 5.81. The lowest BCUT2D eigenvalue weighted by atomic mass is 9.96. The van der Waals surface area contributed by atoms with Crippen molar-refractivity contribution in [3.8, 4) is 0 Å². The number of rotatable bonds is 7. The summed E-state index contributed by atoms with van der Waals surface area (Å²) in [4.78, 5) is 38.0. The number of benzene rings is 1. The van der Waals surface area contributed by atoms with E-state index in [0.717, 1.165) is 12.0 Å². The van der Waals surface area contributed by atoms with Crippen molar-refractivity contribution in [3.63, 3.8) is 0 Å². The number of nitrogens with one attached hydrogen (secondary N) is 1. The van der Waals surface area contributed by atoms with E-state index in [2.05, 4.69) is 5.32 Å². The first-order chi connectivity index (χ1) is 13.0. The fourth-order valence-corrected chi connectivity index (χ4v) is 3.25. The zero-order chi connectivity index (χ0) is 19.6. The number of amides is 2. The maximum atomic E-state index is 12.8. The summed E-state index contributed by atoms with van der Waals surface area (Å²) in [5, 5.41) is 2.97. The molecule has 1 fully saturated rings. The van der Waals surface area contributed by atoms with Gasteiger partial charge in [-0.15, -0.1) is 0 Å². The molecule has 2 amide bonds. The van der Waals surface area contributed by atoms with Gasteiger partial charge in [0.25, 0.3) is 0 Å². The van der Waals surface area contributed by atoms with Crippen LogP contribution in [0.4, 0.5) is 4.79 Å². The number of methoxy groups -OCH3 is 1. The number of carbonyl (C=O) groups is 3. The lowest BCUT2D eigenvalue weighted by Gasteiger charge is -2.32. The Morgan fingerprint density at radius 1 is 1.26 bits per heavy atom. The molecule has 7 nitrogen and oxygen atoms in total. The molecule has 1 aromatic rings. The normalized spacial score (nSPS) is 17.7. The summed E-state index contributed by atoms with van der Waals surface area (Å²) in [7, 11) is 1.34. The van der Waals surface area contributed by atoms with Gasteiger partial charge in [-0.05, 0) is 31.7 Å². The van der Waals surface area contributed by atoms with Crippen LogP contribution < -0.4 is 5.32 Å². The molecule has 2 rings (SSSR count). The van der Waals surface area contributed by atoms with Crippen LogP contribution in [0.25, 0.3) is 0 Å². The summed E-state index contributed by atoms with van der Waals surface area (Å²) in [6.07, 6.45) is 1.71. The second-order valence-electron chi connectivity index (χ2n) is 6.66. The van der Waals surface area contributed by atoms with Crippen LogP contribution in [0.3, 0.4) is 0 Å². The van der Waals surface area contributed by atoms with Crippen LogP contribution in [-0.4, -0.2) is 55.7 Å². The van der Waals surface area contributed by atoms with Crippen LogP contribution in [0.2, 0.25) is 0 Å². The summed E-state index contributed by atoms with van der Waals surface area (Å²) < 4.78 is 9.79. The van der Waals surface area contributed by atoms with E-state index in [1.807, 2.05) is 30.3 Å². The fourth-order valence-electron chi connectivity index (χ4n) is 3.25. The number of likely N-dealkylation sites (tertiary alicyclic amines) is 1. The second kappa shape index (κ2) is 10.5. The average molecular weight is 376 g/mol. The number of ether oxygens (including phenoxy) is 2. The van der Waals surface area contributed by atoms with Gasteiger partial charge < -0.3 is 19.7 Å². The van der Waals surface area contributed by atoms with E-state index in [-0.39, 0.29) is 36.4 Å². The average Bonchev–Trinajstić information content (AvgIpc) is 2.68. The molecule has 1 aromatic carbocycles. The van der Waals surface area contributed by atoms with Crippen molar-refractivity contribution in [2.24, 2.45) is 5.92 Å². The maximum Gasteiger partial charge on any atom is 0.409 e. The molecule has 0 radical (unpaired) electrons. The van der Waals surface area contributed by atoms with Gasteiger partial charge >= 0.3 is 12.1 Å². The van der Waals surface area contributed by atoms with Crippen LogP contribution in [-0.2, 0) is 25.5 Å². The van der Waals surface area contributed by atoms with Gasteiger partial charge in [-0.1, -0.05) is 30.3 Å². The van der Waals surface area contributed by atoms with Crippen LogP contribution in [0.1, 0.15) is 31.7 Å². The van der Waals surface area contributed by atoms with Crippen molar-refractivity contribution < 1.29 is 23.9 Å². The van der Waals surface area contributed by atoms with E-state index >= 15 is 0 Å². The minimum absolute atomic E-state index is 0.103. The topological polar surface area (TPSA) is 84.9 Å². The number of hydrogen-bond donors (Lipinski definition) is 1. The Labute approximate surface area is 160 Å². The van der Waals surface area contributed by atoms with E-state index in [9.17, 15) is 14.4 Å². The molecule has 7 heteroatoms. The van der Waals surface area contributed by atoms with Crippen molar-refractivity contribution in [1.29, 1.82) is 0 Å². The smallest absolute Gasteiger partial charge is 0.409 e. The number of esters is 1. The molecule has 0 bridgehead atoms. The molecule has 0 unspecified atom stereocenters. The fraction of sp³-hybridized carbons (Fsp3) is 0.550. The first-order valence-corrected chi connectivity index (χ1v) is 9.36. The van der Waals surface area contributed by atoms with Crippen LogP contribution in [0.5, 0.6) is 0 Å². The van der Waals surface area contributed by atoms with Crippen LogP contribution in [0.15, 0.2) is 30.3 Å². The summed E-state index contributed by atoms with van der Waals surface area (Å²) >= 11 is 0. The molecular weight excluding hydrogens is 348 g/mol. The molecule has 1 N–H and O–H groups in total. The van der Waals surface area contributed by atoms with Gasteiger partial charge in [-0.2, -0.15) is 0 Å². The number of hydrogen-bond acceptors (Lipinski definition) is 5. The summed E-state index contributed by atoms with van der Waals surface area (Å²) in [6.45, 7) is 3.00. The number of nitrogens with zero attached hydrogens (tertiary/aromatic N) is 1. The Morgan fingerprint density at radius 3 is 2.67 bits per heavy atom. The highest BCUT2D eigenvalue weighted by Crippen LogP contribution is 2.18. The van der Waals surface area contributed by atoms with E-state index in [0.29, 0.717) is 32.5 Å². The van der Waals surface area contributed by atoms with Gasteiger partial charge in [-0.3, -0.25) is 9.59 Å². The molecule has 0 spiro atoms. The lowest BCUT2D eigenvalue weighted by molar-refractivity contribution is -0.141. The van der Waals surface area contributed by atoms with E-state index in [1.54, 1.807) is 11.8 Å². The summed E-state index contributed by atoms with van der Waals surface area (Å²) in [5.41, 5.74) is 1.03. The number of carbonyl (C=O) groups excluding carboxylic acids is 3. The Morgan fingerprint density at radius 2 is 2.00 bits per heavy atom. The molecule has 0 saturated carbocycles. The number of piperidine rings is 1. The molecule has 1 aliphatic heterocycles. The third kappa shape index (κ3) is 6.58. The summed E-state index contributed by atoms with van der Waals surface area (Å²) in [6, 6.07) is 9.32. The summed E-state index contributed by atoms with van der Waals surface area (Å²) in [5.74, 6) is -0.819. The molecule has 27 heavy (non-hydrogen) atoms. The Bertz CT molecular complexity index is 635. The van der Waals surface area contributed by atoms with Crippen molar-refractivity contribution in [2.75, 3.05) is 26.8 Å². The predicted molar refractivity (Wildman–Crippen MR) is 100 cm³/mol. The molecule has 2 atom stereocenters. The highest BCUT2D eigenvalue weighted by atomic mass is 16.6. The minimum atomic E-state index is -0.384. The Balaban J connectivity index is 1.99. The van der Waals surface area contributed by atoms with Gasteiger partial charge in [0.05, 0.1) is 26.1 Å². The van der Waals surface area contributed by atoms with Crippen molar-refractivity contribution >= 4 is 18.0 Å². The van der Waals surface area contributed by atoms with Crippen molar-refractivity contribution in [1.82, 2.24) is 10.2 Å². The minimum Gasteiger partial charge on any atom is -0.469 e. The maximum absolute atomic E-state index is 12.8. The first-order valence-electron chi connectivity index (χ1n) is 9.36. The predicted octanol–water partition coefficient (Wildman–Crippen LogP) is 2.15. The van der Waals surface area contributed by atoms with Gasteiger partial charge in [0, 0.05) is 19.1 Å². The Kier molecular flexibility index (Phi) is 8.10. The molecular formula is C20H28N2O5. The van der Waals surface area contributed by atoms with Gasteiger partial charge in [0.15, 0.2) is 0 Å².